The van der Waals surface area contributed by atoms with Crippen LogP contribution in [-0.2, 0) is 19.0 Å². The lowest BCUT2D eigenvalue weighted by atomic mass is 10.1. The first kappa shape index (κ1) is 29.2. The first-order valence-corrected chi connectivity index (χ1v) is 12.2. The quantitative estimate of drug-likeness (QED) is 0.116. The molecule has 0 radical (unpaired) electrons. The van der Waals surface area contributed by atoms with E-state index in [1.165, 1.54) is 24.3 Å². The molecule has 0 spiro atoms. The van der Waals surface area contributed by atoms with E-state index in [9.17, 15) is 15.0 Å². The Morgan fingerprint density at radius 2 is 1.46 bits per heavy atom. The zero-order chi connectivity index (χ0) is 27.9. The molecular formula is C26H32N6O7. The van der Waals surface area contributed by atoms with Gasteiger partial charge in [0.05, 0.1) is 45.3 Å². The average Bonchev–Trinajstić information content (AvgIpc) is 2.94. The molecule has 0 aliphatic heterocycles. The minimum Gasteiger partial charge on any atom is -0.504 e. The van der Waals surface area contributed by atoms with Crippen molar-refractivity contribution in [1.29, 1.82) is 0 Å². The van der Waals surface area contributed by atoms with Gasteiger partial charge < -0.3 is 40.2 Å². The van der Waals surface area contributed by atoms with Gasteiger partial charge in [-0.05, 0) is 55.0 Å². The second-order valence-electron chi connectivity index (χ2n) is 8.08. The van der Waals surface area contributed by atoms with Gasteiger partial charge in [0.25, 0.3) is 5.91 Å². The van der Waals surface area contributed by atoms with Crippen molar-refractivity contribution in [3.05, 3.63) is 59.5 Å². The Morgan fingerprint density at radius 1 is 0.846 bits per heavy atom. The number of phenols is 2. The number of rotatable bonds is 16. The van der Waals surface area contributed by atoms with E-state index < -0.39 is 5.91 Å². The summed E-state index contributed by atoms with van der Waals surface area (Å²) in [5.74, 6) is 0.668. The fourth-order valence-electron chi connectivity index (χ4n) is 3.07. The summed E-state index contributed by atoms with van der Waals surface area (Å²) in [5.41, 5.74) is 7.01. The number of nitrogens with zero attached hydrogens (tertiary/aromatic N) is 4. The van der Waals surface area contributed by atoms with Gasteiger partial charge in [-0.25, -0.2) is 0 Å². The highest BCUT2D eigenvalue weighted by atomic mass is 16.6. The van der Waals surface area contributed by atoms with Gasteiger partial charge in [-0.1, -0.05) is 6.07 Å². The van der Waals surface area contributed by atoms with Crippen LogP contribution < -0.4 is 15.8 Å². The molecule has 0 atom stereocenters. The van der Waals surface area contributed by atoms with Crippen molar-refractivity contribution < 1.29 is 34.0 Å². The molecule has 39 heavy (non-hydrogen) atoms. The van der Waals surface area contributed by atoms with E-state index in [0.717, 1.165) is 5.56 Å². The molecule has 208 valence electrons. The molecule has 0 aliphatic carbocycles. The van der Waals surface area contributed by atoms with E-state index in [1.807, 2.05) is 24.3 Å². The molecule has 0 bridgehead atoms. The maximum atomic E-state index is 12.0. The van der Waals surface area contributed by atoms with Crippen molar-refractivity contribution in [3.8, 4) is 28.6 Å². The van der Waals surface area contributed by atoms with Gasteiger partial charge in [0.1, 0.15) is 12.4 Å². The van der Waals surface area contributed by atoms with Crippen LogP contribution in [0.3, 0.4) is 0 Å². The van der Waals surface area contributed by atoms with Gasteiger partial charge in [-0.15, -0.1) is 20.4 Å². The highest BCUT2D eigenvalue weighted by molar-refractivity contribution is 5.96. The number of hydrogen-bond donors (Lipinski definition) is 4. The van der Waals surface area contributed by atoms with Crippen LogP contribution in [0, 0.1) is 6.92 Å². The molecule has 1 amide bonds. The zero-order valence-corrected chi connectivity index (χ0v) is 21.6. The summed E-state index contributed by atoms with van der Waals surface area (Å²) >= 11 is 0. The summed E-state index contributed by atoms with van der Waals surface area (Å²) in [5, 5.41) is 37.2. The maximum Gasteiger partial charge on any atom is 0.267 e. The number of nitrogens with one attached hydrogen (secondary N) is 1. The number of carbonyl (C=O) groups is 1. The molecule has 0 aliphatic rings. The summed E-state index contributed by atoms with van der Waals surface area (Å²) in [6.07, 6.45) is 1.40. The first-order valence-electron chi connectivity index (χ1n) is 12.2. The molecule has 5 N–H and O–H groups in total. The number of hydrogen-bond acceptors (Lipinski definition) is 12. The Hall–Kier alpha value is -4.33. The van der Waals surface area contributed by atoms with Crippen molar-refractivity contribution >= 4 is 12.0 Å². The Balaban J connectivity index is 1.14. The second kappa shape index (κ2) is 15.8. The van der Waals surface area contributed by atoms with E-state index in [2.05, 4.69) is 25.7 Å². The summed E-state index contributed by atoms with van der Waals surface area (Å²) in [4.78, 5) is 12.0. The molecule has 0 saturated carbocycles. The average molecular weight is 541 g/mol. The van der Waals surface area contributed by atoms with Gasteiger partial charge in [-0.2, -0.15) is 0 Å². The lowest BCUT2D eigenvalue weighted by molar-refractivity contribution is -0.117. The van der Waals surface area contributed by atoms with E-state index in [-0.39, 0.29) is 23.7 Å². The number of aromatic nitrogens is 4. The van der Waals surface area contributed by atoms with Crippen LogP contribution in [0.2, 0.25) is 0 Å². The largest absolute Gasteiger partial charge is 0.504 e. The van der Waals surface area contributed by atoms with Crippen LogP contribution >= 0.6 is 0 Å². The van der Waals surface area contributed by atoms with Crippen molar-refractivity contribution in [3.63, 3.8) is 0 Å². The number of aryl methyl sites for hydroxylation is 1. The van der Waals surface area contributed by atoms with Crippen molar-refractivity contribution in [2.75, 3.05) is 52.8 Å². The van der Waals surface area contributed by atoms with Gasteiger partial charge in [-0.3, -0.25) is 4.79 Å². The summed E-state index contributed by atoms with van der Waals surface area (Å²) in [6.45, 7) is 4.71. The third-order valence-electron chi connectivity index (χ3n) is 5.05. The van der Waals surface area contributed by atoms with Gasteiger partial charge in [0, 0.05) is 12.1 Å². The smallest absolute Gasteiger partial charge is 0.267 e. The van der Waals surface area contributed by atoms with Crippen molar-refractivity contribution in [2.24, 2.45) is 5.73 Å². The fourth-order valence-corrected chi connectivity index (χ4v) is 3.07. The molecule has 2 aromatic carbocycles. The number of amides is 1. The second-order valence-corrected chi connectivity index (χ2v) is 8.08. The maximum absolute atomic E-state index is 12.0. The summed E-state index contributed by atoms with van der Waals surface area (Å²) < 4.78 is 22.0. The summed E-state index contributed by atoms with van der Waals surface area (Å²) in [7, 11) is 0. The number of carbonyl (C=O) groups excluding carboxylic acids is 1. The molecule has 0 saturated heterocycles. The van der Waals surface area contributed by atoms with Gasteiger partial charge >= 0.3 is 0 Å². The molecule has 13 heteroatoms. The van der Waals surface area contributed by atoms with E-state index >= 15 is 0 Å². The van der Waals surface area contributed by atoms with E-state index in [4.69, 9.17) is 24.7 Å². The monoisotopic (exact) mass is 540 g/mol. The van der Waals surface area contributed by atoms with E-state index in [0.29, 0.717) is 69.2 Å². The number of phenolic OH excluding ortho intramolecular Hbond substituents is 2. The Bertz CT molecular complexity index is 1210. The number of benzene rings is 2. The van der Waals surface area contributed by atoms with Crippen LogP contribution in [-0.4, -0.2) is 89.3 Å². The fraction of sp³-hybridized carbons (Fsp3) is 0.346. The van der Waals surface area contributed by atoms with E-state index in [1.54, 1.807) is 6.92 Å². The Morgan fingerprint density at radius 3 is 2.10 bits per heavy atom. The van der Waals surface area contributed by atoms with Crippen LogP contribution in [0.1, 0.15) is 11.4 Å². The molecule has 1 heterocycles. The standard InChI is InChI=1S/C26H32N6O7/c1-18-29-31-25(32-30-18)20-3-5-21(6-4-20)39-15-14-38-13-12-37-11-10-36-9-8-28-26(35)22(27)16-19-2-7-23(33)24(34)17-19/h2-7,16-17,33-34H,8-15,27H2,1H3,(H,28,35). The Kier molecular flexibility index (Phi) is 11.9. The minimum atomic E-state index is -0.465. The molecular weight excluding hydrogens is 508 g/mol. The van der Waals surface area contributed by atoms with Gasteiger partial charge in [0.15, 0.2) is 17.3 Å². The van der Waals surface area contributed by atoms with Crippen LogP contribution in [0.15, 0.2) is 48.2 Å². The minimum absolute atomic E-state index is 0.0320. The molecule has 3 rings (SSSR count). The van der Waals surface area contributed by atoms with Crippen LogP contribution in [0.5, 0.6) is 17.2 Å². The number of nitrogens with two attached hydrogens (primary N) is 1. The molecule has 13 nitrogen and oxygen atoms in total. The van der Waals surface area contributed by atoms with Crippen molar-refractivity contribution in [2.45, 2.75) is 6.92 Å². The molecule has 0 fully saturated rings. The summed E-state index contributed by atoms with van der Waals surface area (Å²) in [6, 6.07) is 11.5. The predicted molar refractivity (Wildman–Crippen MR) is 141 cm³/mol. The lowest BCUT2D eigenvalue weighted by Gasteiger charge is -2.09. The third-order valence-corrected chi connectivity index (χ3v) is 5.05. The van der Waals surface area contributed by atoms with Crippen LogP contribution in [0.4, 0.5) is 0 Å². The number of aromatic hydroxyl groups is 2. The highest BCUT2D eigenvalue weighted by Gasteiger charge is 2.06. The Labute approximate surface area is 225 Å². The predicted octanol–water partition coefficient (Wildman–Crippen LogP) is 1.20. The van der Waals surface area contributed by atoms with Crippen LogP contribution in [0.25, 0.3) is 17.5 Å². The third kappa shape index (κ3) is 10.5. The zero-order valence-electron chi connectivity index (χ0n) is 21.6. The lowest BCUT2D eigenvalue weighted by Crippen LogP contribution is -2.31. The highest BCUT2D eigenvalue weighted by Crippen LogP contribution is 2.25. The van der Waals surface area contributed by atoms with Gasteiger partial charge in [0.2, 0.25) is 5.82 Å². The topological polar surface area (TPSA) is 184 Å². The molecule has 0 unspecified atom stereocenters. The molecule has 1 aromatic heterocycles. The SMILES string of the molecule is Cc1nnc(-c2ccc(OCCOCCOCCOCCNC(=O)C(N)=Cc3ccc(O)c(O)c3)cc2)nn1. The first-order chi connectivity index (χ1) is 18.9. The normalized spacial score (nSPS) is 11.4. The molecule has 3 aromatic rings. The number of ether oxygens (including phenoxy) is 4. The van der Waals surface area contributed by atoms with Crippen molar-refractivity contribution in [1.82, 2.24) is 25.7 Å².